The largest absolute Gasteiger partial charge is 0.265 e. The number of hydrogen-bond donors (Lipinski definition) is 0. The first kappa shape index (κ1) is 15.6. The molecular formula is C14H25N7. The third-order valence-electron chi connectivity index (χ3n) is 3.46. The molecule has 2 heterocycles. The molecule has 2 aromatic rings. The lowest BCUT2D eigenvalue weighted by Crippen LogP contribution is -2.30. The van der Waals surface area contributed by atoms with Gasteiger partial charge in [0, 0.05) is 18.9 Å². The summed E-state index contributed by atoms with van der Waals surface area (Å²) in [4.78, 5) is 2.31. The van der Waals surface area contributed by atoms with Gasteiger partial charge in [0.25, 0.3) is 0 Å². The molecule has 0 unspecified atom stereocenters. The standard InChI is InChI=1S/C14H25N7/c1-2-3-4-5-6-7-10-19(13-20-11-8-15-17-20)14-21-12-9-16-18-21/h8-9,11-12H,2-7,10,13-14H2,1H3. The van der Waals surface area contributed by atoms with Crippen molar-refractivity contribution < 1.29 is 0 Å². The SMILES string of the molecule is CCCCCCCCN(Cn1ccnn1)Cn1ccnn1. The Morgan fingerprint density at radius 2 is 1.38 bits per heavy atom. The normalized spacial score (nSPS) is 11.3. The molecule has 0 saturated carbocycles. The fourth-order valence-corrected chi connectivity index (χ4v) is 2.33. The molecule has 0 bridgehead atoms. The summed E-state index contributed by atoms with van der Waals surface area (Å²) in [6.45, 7) is 4.74. The molecule has 0 saturated heterocycles. The van der Waals surface area contributed by atoms with Crippen LogP contribution in [0.25, 0.3) is 0 Å². The Bertz CT molecular complexity index is 415. The summed E-state index contributed by atoms with van der Waals surface area (Å²) < 4.78 is 3.68. The van der Waals surface area contributed by atoms with E-state index in [-0.39, 0.29) is 0 Å². The lowest BCUT2D eigenvalue weighted by atomic mass is 10.1. The topological polar surface area (TPSA) is 64.7 Å². The predicted octanol–water partition coefficient (Wildman–Crippen LogP) is 2.15. The molecule has 0 aliphatic rings. The van der Waals surface area contributed by atoms with Crippen molar-refractivity contribution in [2.24, 2.45) is 0 Å². The van der Waals surface area contributed by atoms with Crippen molar-refractivity contribution in [3.63, 3.8) is 0 Å². The number of aromatic nitrogens is 6. The fourth-order valence-electron chi connectivity index (χ4n) is 2.33. The number of nitrogens with zero attached hydrogens (tertiary/aromatic N) is 7. The van der Waals surface area contributed by atoms with Crippen LogP contribution in [0.3, 0.4) is 0 Å². The van der Waals surface area contributed by atoms with E-state index in [2.05, 4.69) is 32.4 Å². The van der Waals surface area contributed by atoms with Gasteiger partial charge < -0.3 is 0 Å². The van der Waals surface area contributed by atoms with Gasteiger partial charge in [-0.1, -0.05) is 49.5 Å². The zero-order valence-corrected chi connectivity index (χ0v) is 12.8. The Balaban J connectivity index is 1.75. The maximum atomic E-state index is 4.03. The van der Waals surface area contributed by atoms with E-state index in [1.807, 2.05) is 21.8 Å². The first-order valence-electron chi connectivity index (χ1n) is 7.79. The van der Waals surface area contributed by atoms with Gasteiger partial charge in [0.05, 0.1) is 25.7 Å². The summed E-state index contributed by atoms with van der Waals surface area (Å²) >= 11 is 0. The molecule has 0 spiro atoms. The van der Waals surface area contributed by atoms with Crippen LogP contribution in [0.5, 0.6) is 0 Å². The lowest BCUT2D eigenvalue weighted by Gasteiger charge is -2.21. The molecule has 0 aromatic carbocycles. The molecule has 2 aromatic heterocycles. The van der Waals surface area contributed by atoms with E-state index >= 15 is 0 Å². The van der Waals surface area contributed by atoms with E-state index in [1.165, 1.54) is 38.5 Å². The first-order valence-corrected chi connectivity index (χ1v) is 7.79. The minimum atomic E-state index is 0.731. The lowest BCUT2D eigenvalue weighted by molar-refractivity contribution is 0.147. The van der Waals surface area contributed by atoms with Gasteiger partial charge in [-0.05, 0) is 6.42 Å². The molecule has 0 aliphatic carbocycles. The quantitative estimate of drug-likeness (QED) is 0.594. The Labute approximate surface area is 125 Å². The second kappa shape index (κ2) is 9.23. The van der Waals surface area contributed by atoms with Gasteiger partial charge in [-0.2, -0.15) is 0 Å². The van der Waals surface area contributed by atoms with Crippen molar-refractivity contribution in [1.82, 2.24) is 34.9 Å². The minimum Gasteiger partial charge on any atom is -0.265 e. The molecule has 2 rings (SSSR count). The van der Waals surface area contributed by atoms with E-state index in [1.54, 1.807) is 12.4 Å². The van der Waals surface area contributed by atoms with Gasteiger partial charge in [-0.3, -0.25) is 4.90 Å². The summed E-state index contributed by atoms with van der Waals surface area (Å²) in [5, 5.41) is 15.8. The zero-order chi connectivity index (χ0) is 14.8. The Hall–Kier alpha value is -1.76. The molecule has 7 heteroatoms. The fraction of sp³-hybridized carbons (Fsp3) is 0.714. The summed E-state index contributed by atoms with van der Waals surface area (Å²) in [5.41, 5.74) is 0. The van der Waals surface area contributed by atoms with Crippen LogP contribution in [-0.4, -0.2) is 41.4 Å². The molecule has 0 fully saturated rings. The van der Waals surface area contributed by atoms with E-state index in [0.29, 0.717) is 0 Å². The highest BCUT2D eigenvalue weighted by Crippen LogP contribution is 2.07. The highest BCUT2D eigenvalue weighted by atomic mass is 15.5. The highest BCUT2D eigenvalue weighted by molar-refractivity contribution is 4.67. The molecular weight excluding hydrogens is 266 g/mol. The Kier molecular flexibility index (Phi) is 6.87. The average molecular weight is 291 g/mol. The highest BCUT2D eigenvalue weighted by Gasteiger charge is 2.07. The van der Waals surface area contributed by atoms with Crippen molar-refractivity contribution in [1.29, 1.82) is 0 Å². The number of hydrogen-bond acceptors (Lipinski definition) is 5. The average Bonchev–Trinajstić information content (AvgIpc) is 3.16. The van der Waals surface area contributed by atoms with Crippen LogP contribution in [0.4, 0.5) is 0 Å². The van der Waals surface area contributed by atoms with Crippen LogP contribution in [-0.2, 0) is 13.3 Å². The van der Waals surface area contributed by atoms with E-state index in [4.69, 9.17) is 0 Å². The Morgan fingerprint density at radius 1 is 0.810 bits per heavy atom. The summed E-state index contributed by atoms with van der Waals surface area (Å²) in [6, 6.07) is 0. The van der Waals surface area contributed by atoms with E-state index < -0.39 is 0 Å². The minimum absolute atomic E-state index is 0.731. The monoisotopic (exact) mass is 291 g/mol. The van der Waals surface area contributed by atoms with Crippen molar-refractivity contribution >= 4 is 0 Å². The van der Waals surface area contributed by atoms with Gasteiger partial charge in [0.1, 0.15) is 0 Å². The van der Waals surface area contributed by atoms with Gasteiger partial charge in [0.2, 0.25) is 0 Å². The molecule has 0 N–H and O–H groups in total. The van der Waals surface area contributed by atoms with Crippen LogP contribution < -0.4 is 0 Å². The van der Waals surface area contributed by atoms with Crippen LogP contribution in [0.2, 0.25) is 0 Å². The third-order valence-corrected chi connectivity index (χ3v) is 3.46. The number of unbranched alkanes of at least 4 members (excludes halogenated alkanes) is 5. The summed E-state index contributed by atoms with van der Waals surface area (Å²) in [5.74, 6) is 0. The Morgan fingerprint density at radius 3 is 1.90 bits per heavy atom. The van der Waals surface area contributed by atoms with Crippen LogP contribution >= 0.6 is 0 Å². The summed E-state index contributed by atoms with van der Waals surface area (Å²) in [7, 11) is 0. The van der Waals surface area contributed by atoms with Gasteiger partial charge >= 0.3 is 0 Å². The zero-order valence-electron chi connectivity index (χ0n) is 12.8. The van der Waals surface area contributed by atoms with Gasteiger partial charge in [-0.25, -0.2) is 9.36 Å². The molecule has 0 amide bonds. The molecule has 0 radical (unpaired) electrons. The second-order valence-corrected chi connectivity index (χ2v) is 5.33. The smallest absolute Gasteiger partial charge is 0.0961 e. The molecule has 0 atom stereocenters. The third kappa shape index (κ3) is 6.03. The summed E-state index contributed by atoms with van der Waals surface area (Å²) in [6.07, 6.45) is 15.0. The van der Waals surface area contributed by atoms with Crippen molar-refractivity contribution in [3.05, 3.63) is 24.8 Å². The van der Waals surface area contributed by atoms with Crippen molar-refractivity contribution in [3.8, 4) is 0 Å². The van der Waals surface area contributed by atoms with Crippen LogP contribution in [0.15, 0.2) is 24.8 Å². The predicted molar refractivity (Wildman–Crippen MR) is 80.1 cm³/mol. The van der Waals surface area contributed by atoms with E-state index in [0.717, 1.165) is 19.9 Å². The van der Waals surface area contributed by atoms with E-state index in [9.17, 15) is 0 Å². The van der Waals surface area contributed by atoms with Crippen LogP contribution in [0.1, 0.15) is 45.4 Å². The van der Waals surface area contributed by atoms with Crippen molar-refractivity contribution in [2.45, 2.75) is 58.8 Å². The van der Waals surface area contributed by atoms with Gasteiger partial charge in [0.15, 0.2) is 0 Å². The second-order valence-electron chi connectivity index (χ2n) is 5.33. The van der Waals surface area contributed by atoms with Crippen LogP contribution in [0, 0.1) is 0 Å². The van der Waals surface area contributed by atoms with Gasteiger partial charge in [-0.15, -0.1) is 10.2 Å². The maximum Gasteiger partial charge on any atom is 0.0961 e. The molecule has 0 aliphatic heterocycles. The molecule has 7 nitrogen and oxygen atoms in total. The van der Waals surface area contributed by atoms with Crippen molar-refractivity contribution in [2.75, 3.05) is 6.54 Å². The number of rotatable bonds is 11. The molecule has 116 valence electrons. The molecule has 21 heavy (non-hydrogen) atoms. The maximum absolute atomic E-state index is 4.03. The first-order chi connectivity index (χ1) is 10.4.